The molecule has 3 rings (SSSR count). The van der Waals surface area contributed by atoms with Crippen LogP contribution in [0.2, 0.25) is 0 Å². The maximum Gasteiger partial charge on any atom is 0.319 e. The second kappa shape index (κ2) is 5.71. The first-order chi connectivity index (χ1) is 10.2. The number of nitrogens with one attached hydrogen (secondary N) is 3. The minimum absolute atomic E-state index is 0.0450. The van der Waals surface area contributed by atoms with Crippen LogP contribution in [-0.4, -0.2) is 11.0 Å². The largest absolute Gasteiger partial charge is 0.359 e. The van der Waals surface area contributed by atoms with Gasteiger partial charge in [0.25, 0.3) is 0 Å². The molecular weight excluding hydrogens is 262 g/mol. The van der Waals surface area contributed by atoms with Crippen LogP contribution in [0.25, 0.3) is 10.9 Å². The van der Waals surface area contributed by atoms with E-state index in [1.54, 1.807) is 6.20 Å². The molecule has 4 heteroatoms. The van der Waals surface area contributed by atoms with Gasteiger partial charge in [-0.3, -0.25) is 0 Å². The summed E-state index contributed by atoms with van der Waals surface area (Å²) >= 11 is 0. The number of aromatic amines is 1. The van der Waals surface area contributed by atoms with E-state index in [1.165, 1.54) is 0 Å². The molecule has 1 aromatic heterocycles. The summed E-state index contributed by atoms with van der Waals surface area (Å²) in [6, 6.07) is 17.5. The number of amides is 2. The van der Waals surface area contributed by atoms with Crippen LogP contribution in [0.15, 0.2) is 60.8 Å². The highest BCUT2D eigenvalue weighted by atomic mass is 16.2. The normalized spacial score (nSPS) is 12.0. The number of para-hydroxylation sites is 1. The molecule has 0 saturated heterocycles. The van der Waals surface area contributed by atoms with Crippen LogP contribution in [0.3, 0.4) is 0 Å². The molecule has 4 nitrogen and oxygen atoms in total. The molecule has 3 N–H and O–H groups in total. The minimum atomic E-state index is -0.212. The van der Waals surface area contributed by atoms with Gasteiger partial charge in [0.1, 0.15) is 0 Å². The van der Waals surface area contributed by atoms with Gasteiger partial charge in [-0.2, -0.15) is 0 Å². The molecule has 0 aliphatic rings. The van der Waals surface area contributed by atoms with E-state index in [9.17, 15) is 4.79 Å². The van der Waals surface area contributed by atoms with Crippen LogP contribution in [0, 0.1) is 0 Å². The van der Waals surface area contributed by atoms with Gasteiger partial charge in [0, 0.05) is 17.1 Å². The number of urea groups is 1. The number of anilines is 1. The molecule has 0 aliphatic carbocycles. The number of carbonyl (C=O) groups is 1. The van der Waals surface area contributed by atoms with Gasteiger partial charge in [-0.25, -0.2) is 4.79 Å². The summed E-state index contributed by atoms with van der Waals surface area (Å²) in [4.78, 5) is 15.2. The second-order valence-electron chi connectivity index (χ2n) is 4.98. The molecular formula is C17H17N3O. The first kappa shape index (κ1) is 13.2. The Labute approximate surface area is 123 Å². The quantitative estimate of drug-likeness (QED) is 0.665. The van der Waals surface area contributed by atoms with E-state index in [4.69, 9.17) is 0 Å². The fourth-order valence-electron chi connectivity index (χ4n) is 2.36. The van der Waals surface area contributed by atoms with E-state index in [1.807, 2.05) is 61.5 Å². The SMILES string of the molecule is C[C@@H](NC(=O)Nc1c[nH]c2ccccc12)c1ccccc1. The van der Waals surface area contributed by atoms with Gasteiger partial charge >= 0.3 is 6.03 Å². The van der Waals surface area contributed by atoms with Crippen LogP contribution in [0.5, 0.6) is 0 Å². The molecule has 2 aromatic carbocycles. The van der Waals surface area contributed by atoms with Crippen molar-refractivity contribution in [3.8, 4) is 0 Å². The molecule has 1 heterocycles. The average molecular weight is 279 g/mol. The molecule has 2 amide bonds. The first-order valence-electron chi connectivity index (χ1n) is 6.92. The van der Waals surface area contributed by atoms with Gasteiger partial charge in [-0.15, -0.1) is 0 Å². The molecule has 0 bridgehead atoms. The summed E-state index contributed by atoms with van der Waals surface area (Å²) in [7, 11) is 0. The minimum Gasteiger partial charge on any atom is -0.359 e. The first-order valence-corrected chi connectivity index (χ1v) is 6.92. The molecule has 0 spiro atoms. The number of benzene rings is 2. The molecule has 21 heavy (non-hydrogen) atoms. The van der Waals surface area contributed by atoms with Crippen molar-refractivity contribution in [3.63, 3.8) is 0 Å². The molecule has 0 unspecified atom stereocenters. The Balaban J connectivity index is 1.69. The van der Waals surface area contributed by atoms with Crippen molar-refractivity contribution in [2.24, 2.45) is 0 Å². The lowest BCUT2D eigenvalue weighted by atomic mass is 10.1. The maximum atomic E-state index is 12.1. The monoisotopic (exact) mass is 279 g/mol. The van der Waals surface area contributed by atoms with Crippen molar-refractivity contribution < 1.29 is 4.79 Å². The third-order valence-electron chi connectivity index (χ3n) is 3.48. The highest BCUT2D eigenvalue weighted by molar-refractivity contribution is 6.01. The van der Waals surface area contributed by atoms with Gasteiger partial charge in [0.05, 0.1) is 11.7 Å². The predicted molar refractivity (Wildman–Crippen MR) is 85.3 cm³/mol. The van der Waals surface area contributed by atoms with E-state index in [2.05, 4.69) is 15.6 Å². The summed E-state index contributed by atoms with van der Waals surface area (Å²) in [5.74, 6) is 0. The molecule has 106 valence electrons. The van der Waals surface area contributed by atoms with Crippen molar-refractivity contribution >= 4 is 22.6 Å². The van der Waals surface area contributed by atoms with Crippen molar-refractivity contribution in [1.29, 1.82) is 0 Å². The summed E-state index contributed by atoms with van der Waals surface area (Å²) < 4.78 is 0. The Hall–Kier alpha value is -2.75. The van der Waals surface area contributed by atoms with E-state index in [-0.39, 0.29) is 12.1 Å². The van der Waals surface area contributed by atoms with E-state index >= 15 is 0 Å². The van der Waals surface area contributed by atoms with Gasteiger partial charge in [-0.05, 0) is 18.6 Å². The highest BCUT2D eigenvalue weighted by Gasteiger charge is 2.11. The summed E-state index contributed by atoms with van der Waals surface area (Å²) in [6.07, 6.45) is 1.80. The van der Waals surface area contributed by atoms with Crippen molar-refractivity contribution in [1.82, 2.24) is 10.3 Å². The smallest absolute Gasteiger partial charge is 0.319 e. The van der Waals surface area contributed by atoms with Crippen LogP contribution < -0.4 is 10.6 Å². The fraction of sp³-hybridized carbons (Fsp3) is 0.118. The van der Waals surface area contributed by atoms with Gasteiger partial charge in [0.2, 0.25) is 0 Å². The van der Waals surface area contributed by atoms with Crippen molar-refractivity contribution in [2.75, 3.05) is 5.32 Å². The molecule has 3 aromatic rings. The Bertz CT molecular complexity index is 749. The van der Waals surface area contributed by atoms with E-state index in [0.717, 1.165) is 22.2 Å². The zero-order valence-corrected chi connectivity index (χ0v) is 11.8. The fourth-order valence-corrected chi connectivity index (χ4v) is 2.36. The van der Waals surface area contributed by atoms with Crippen LogP contribution in [0.1, 0.15) is 18.5 Å². The number of hydrogen-bond donors (Lipinski definition) is 3. The van der Waals surface area contributed by atoms with E-state index < -0.39 is 0 Å². The molecule has 0 fully saturated rings. The maximum absolute atomic E-state index is 12.1. The van der Waals surface area contributed by atoms with E-state index in [0.29, 0.717) is 0 Å². The lowest BCUT2D eigenvalue weighted by molar-refractivity contribution is 0.249. The summed E-state index contributed by atoms with van der Waals surface area (Å²) in [5, 5.41) is 6.82. The molecule has 0 aliphatic heterocycles. The average Bonchev–Trinajstić information content (AvgIpc) is 2.91. The highest BCUT2D eigenvalue weighted by Crippen LogP contribution is 2.22. The number of rotatable bonds is 3. The third-order valence-corrected chi connectivity index (χ3v) is 3.48. The van der Waals surface area contributed by atoms with Gasteiger partial charge in [-0.1, -0.05) is 48.5 Å². The Morgan fingerprint density at radius 2 is 1.76 bits per heavy atom. The van der Waals surface area contributed by atoms with Gasteiger partial charge in [0.15, 0.2) is 0 Å². The lowest BCUT2D eigenvalue weighted by Gasteiger charge is -2.14. The van der Waals surface area contributed by atoms with Crippen LogP contribution >= 0.6 is 0 Å². The third kappa shape index (κ3) is 2.89. The van der Waals surface area contributed by atoms with Crippen LogP contribution in [0.4, 0.5) is 10.5 Å². The Kier molecular flexibility index (Phi) is 3.60. The van der Waals surface area contributed by atoms with Crippen molar-refractivity contribution in [2.45, 2.75) is 13.0 Å². The van der Waals surface area contributed by atoms with Crippen LogP contribution in [-0.2, 0) is 0 Å². The molecule has 1 atom stereocenters. The lowest BCUT2D eigenvalue weighted by Crippen LogP contribution is -2.31. The number of fused-ring (bicyclic) bond motifs is 1. The molecule has 0 saturated carbocycles. The van der Waals surface area contributed by atoms with Crippen molar-refractivity contribution in [3.05, 3.63) is 66.4 Å². The number of H-pyrrole nitrogens is 1. The predicted octanol–water partition coefficient (Wildman–Crippen LogP) is 4.05. The Morgan fingerprint density at radius 3 is 2.57 bits per heavy atom. The summed E-state index contributed by atoms with van der Waals surface area (Å²) in [5.41, 5.74) is 2.86. The zero-order chi connectivity index (χ0) is 14.7. The topological polar surface area (TPSA) is 56.9 Å². The standard InChI is InChI=1S/C17H17N3O/c1-12(13-7-3-2-4-8-13)19-17(21)20-16-11-18-15-10-6-5-9-14(15)16/h2-12,18H,1H3,(H2,19,20,21)/t12-/m1/s1. The number of aromatic nitrogens is 1. The van der Waals surface area contributed by atoms with Gasteiger partial charge < -0.3 is 15.6 Å². The zero-order valence-electron chi connectivity index (χ0n) is 11.8. The number of carbonyl (C=O) groups excluding carboxylic acids is 1. The molecule has 0 radical (unpaired) electrons. The Morgan fingerprint density at radius 1 is 1.05 bits per heavy atom. The summed E-state index contributed by atoms with van der Waals surface area (Å²) in [6.45, 7) is 1.96. The number of hydrogen-bond acceptors (Lipinski definition) is 1. The second-order valence-corrected chi connectivity index (χ2v) is 4.98.